The van der Waals surface area contributed by atoms with Crippen LogP contribution in [0, 0.1) is 0 Å². The predicted molar refractivity (Wildman–Crippen MR) is 95.2 cm³/mol. The van der Waals surface area contributed by atoms with Crippen molar-refractivity contribution in [3.63, 3.8) is 0 Å². The Morgan fingerprint density at radius 1 is 1.09 bits per heavy atom. The van der Waals surface area contributed by atoms with E-state index in [1.54, 1.807) is 4.90 Å². The molecule has 0 spiro atoms. The molecule has 0 saturated carbocycles. The normalized spacial score (nSPS) is 10.2. The summed E-state index contributed by atoms with van der Waals surface area (Å²) in [7, 11) is 0. The van der Waals surface area contributed by atoms with E-state index in [1.807, 2.05) is 61.5 Å². The molecule has 0 fully saturated rings. The molecule has 23 heavy (non-hydrogen) atoms. The van der Waals surface area contributed by atoms with Gasteiger partial charge in [-0.05, 0) is 37.6 Å². The highest BCUT2D eigenvalue weighted by atomic mass is 16.5. The van der Waals surface area contributed by atoms with Gasteiger partial charge >= 0.3 is 0 Å². The number of nitrogens with zero attached hydrogens (tertiary/aromatic N) is 1. The zero-order valence-corrected chi connectivity index (χ0v) is 13.8. The zero-order valence-electron chi connectivity index (χ0n) is 13.8. The number of carbonyl (C=O) groups is 1. The molecule has 0 heterocycles. The topological polar surface area (TPSA) is 41.6 Å². The molecule has 0 aliphatic carbocycles. The summed E-state index contributed by atoms with van der Waals surface area (Å²) in [6, 6.07) is 17.4. The lowest BCUT2D eigenvalue weighted by atomic mass is 10.2. The summed E-state index contributed by atoms with van der Waals surface area (Å²) >= 11 is 0. The molecule has 1 amide bonds. The number of hydrogen-bond acceptors (Lipinski definition) is 3. The van der Waals surface area contributed by atoms with E-state index < -0.39 is 0 Å². The predicted octanol–water partition coefficient (Wildman–Crippen LogP) is 3.94. The minimum atomic E-state index is 0.0404. The molecule has 0 radical (unpaired) electrons. The fourth-order valence-electron chi connectivity index (χ4n) is 2.30. The van der Waals surface area contributed by atoms with Gasteiger partial charge in [0.25, 0.3) is 0 Å². The van der Waals surface area contributed by atoms with Crippen LogP contribution in [0.2, 0.25) is 0 Å². The number of carbonyl (C=O) groups excluding carboxylic acids is 1. The highest BCUT2D eigenvalue weighted by Gasteiger charge is 2.13. The van der Waals surface area contributed by atoms with E-state index in [2.05, 4.69) is 12.2 Å². The van der Waals surface area contributed by atoms with Gasteiger partial charge in [-0.1, -0.05) is 31.2 Å². The van der Waals surface area contributed by atoms with Gasteiger partial charge < -0.3 is 15.0 Å². The highest BCUT2D eigenvalue weighted by Crippen LogP contribution is 2.18. The van der Waals surface area contributed by atoms with Crippen LogP contribution in [0.25, 0.3) is 0 Å². The van der Waals surface area contributed by atoms with Crippen LogP contribution in [0.3, 0.4) is 0 Å². The van der Waals surface area contributed by atoms with Gasteiger partial charge in [-0.25, -0.2) is 0 Å². The first-order chi connectivity index (χ1) is 11.2. The largest absolute Gasteiger partial charge is 0.494 e. The van der Waals surface area contributed by atoms with Crippen LogP contribution in [0.1, 0.15) is 20.3 Å². The SMILES string of the molecule is CCCOc1cccc(NCC(=O)N(CC)c2ccccc2)c1. The summed E-state index contributed by atoms with van der Waals surface area (Å²) in [6.07, 6.45) is 0.971. The maximum Gasteiger partial charge on any atom is 0.246 e. The Morgan fingerprint density at radius 3 is 2.57 bits per heavy atom. The number of hydrogen-bond donors (Lipinski definition) is 1. The smallest absolute Gasteiger partial charge is 0.246 e. The Bertz CT molecular complexity index is 614. The van der Waals surface area contributed by atoms with Gasteiger partial charge in [0.15, 0.2) is 0 Å². The van der Waals surface area contributed by atoms with Crippen molar-refractivity contribution in [3.8, 4) is 5.75 Å². The van der Waals surface area contributed by atoms with Crippen molar-refractivity contribution < 1.29 is 9.53 Å². The molecule has 0 unspecified atom stereocenters. The minimum absolute atomic E-state index is 0.0404. The van der Waals surface area contributed by atoms with E-state index in [1.165, 1.54) is 0 Å². The molecule has 0 atom stereocenters. The maximum atomic E-state index is 12.4. The summed E-state index contributed by atoms with van der Waals surface area (Å²) in [6.45, 7) is 5.64. The van der Waals surface area contributed by atoms with Crippen molar-refractivity contribution in [1.29, 1.82) is 0 Å². The van der Waals surface area contributed by atoms with Crippen LogP contribution in [-0.2, 0) is 4.79 Å². The number of para-hydroxylation sites is 1. The van der Waals surface area contributed by atoms with Crippen molar-refractivity contribution in [1.82, 2.24) is 0 Å². The molecule has 0 aliphatic rings. The van der Waals surface area contributed by atoms with Crippen LogP contribution in [0.15, 0.2) is 54.6 Å². The monoisotopic (exact) mass is 312 g/mol. The molecule has 122 valence electrons. The summed E-state index contributed by atoms with van der Waals surface area (Å²) in [5, 5.41) is 3.17. The molecule has 2 aromatic rings. The zero-order chi connectivity index (χ0) is 16.5. The van der Waals surface area contributed by atoms with Gasteiger partial charge in [-0.3, -0.25) is 4.79 Å². The Balaban J connectivity index is 1.95. The second kappa shape index (κ2) is 8.83. The molecule has 0 bridgehead atoms. The summed E-state index contributed by atoms with van der Waals surface area (Å²) in [5.74, 6) is 0.860. The number of nitrogens with one attached hydrogen (secondary N) is 1. The number of rotatable bonds is 8. The van der Waals surface area contributed by atoms with Crippen LogP contribution in [0.4, 0.5) is 11.4 Å². The van der Waals surface area contributed by atoms with Crippen molar-refractivity contribution in [2.75, 3.05) is 29.9 Å². The first kappa shape index (κ1) is 16.9. The first-order valence-electron chi connectivity index (χ1n) is 8.06. The second-order valence-electron chi connectivity index (χ2n) is 5.20. The molecule has 0 saturated heterocycles. The number of anilines is 2. The molecule has 0 aromatic heterocycles. The van der Waals surface area contributed by atoms with Gasteiger partial charge in [-0.2, -0.15) is 0 Å². The Morgan fingerprint density at radius 2 is 1.87 bits per heavy atom. The summed E-state index contributed by atoms with van der Waals surface area (Å²) < 4.78 is 5.61. The lowest BCUT2D eigenvalue weighted by molar-refractivity contribution is -0.116. The molecule has 4 nitrogen and oxygen atoms in total. The highest BCUT2D eigenvalue weighted by molar-refractivity contribution is 5.96. The fourth-order valence-corrected chi connectivity index (χ4v) is 2.30. The minimum Gasteiger partial charge on any atom is -0.494 e. The van der Waals surface area contributed by atoms with Gasteiger partial charge in [0.2, 0.25) is 5.91 Å². The quantitative estimate of drug-likeness (QED) is 0.802. The summed E-state index contributed by atoms with van der Waals surface area (Å²) in [5.41, 5.74) is 1.80. The van der Waals surface area contributed by atoms with E-state index in [0.717, 1.165) is 23.5 Å². The third-order valence-corrected chi connectivity index (χ3v) is 3.44. The lowest BCUT2D eigenvalue weighted by Gasteiger charge is -2.21. The Labute approximate surface area is 138 Å². The van der Waals surface area contributed by atoms with E-state index in [0.29, 0.717) is 13.2 Å². The average molecular weight is 312 g/mol. The van der Waals surface area contributed by atoms with Crippen molar-refractivity contribution >= 4 is 17.3 Å². The Hall–Kier alpha value is -2.49. The summed E-state index contributed by atoms with van der Waals surface area (Å²) in [4.78, 5) is 14.2. The van der Waals surface area contributed by atoms with E-state index >= 15 is 0 Å². The standard InChI is InChI=1S/C19H24N2O2/c1-3-13-23-18-12-8-9-16(14-18)20-15-19(22)21(4-2)17-10-6-5-7-11-17/h5-12,14,20H,3-4,13,15H2,1-2H3. The second-order valence-corrected chi connectivity index (χ2v) is 5.20. The lowest BCUT2D eigenvalue weighted by Crippen LogP contribution is -2.35. The van der Waals surface area contributed by atoms with Gasteiger partial charge in [0.05, 0.1) is 13.2 Å². The van der Waals surface area contributed by atoms with Crippen molar-refractivity contribution in [2.24, 2.45) is 0 Å². The molecule has 4 heteroatoms. The molecular weight excluding hydrogens is 288 g/mol. The molecule has 2 rings (SSSR count). The molecule has 1 N–H and O–H groups in total. The molecule has 2 aromatic carbocycles. The van der Waals surface area contributed by atoms with E-state index in [4.69, 9.17) is 4.74 Å². The third-order valence-electron chi connectivity index (χ3n) is 3.44. The number of ether oxygens (including phenoxy) is 1. The van der Waals surface area contributed by atoms with E-state index in [-0.39, 0.29) is 12.5 Å². The number of likely N-dealkylation sites (N-methyl/N-ethyl adjacent to an activating group) is 1. The average Bonchev–Trinajstić information content (AvgIpc) is 2.60. The Kier molecular flexibility index (Phi) is 6.48. The third kappa shape index (κ3) is 5.02. The molecular formula is C19H24N2O2. The van der Waals surface area contributed by atoms with E-state index in [9.17, 15) is 4.79 Å². The van der Waals surface area contributed by atoms with Crippen LogP contribution in [-0.4, -0.2) is 25.6 Å². The van der Waals surface area contributed by atoms with Gasteiger partial charge in [0.1, 0.15) is 5.75 Å². The van der Waals surface area contributed by atoms with Crippen LogP contribution in [0.5, 0.6) is 5.75 Å². The van der Waals surface area contributed by atoms with Gasteiger partial charge in [0, 0.05) is 24.0 Å². The van der Waals surface area contributed by atoms with Crippen LogP contribution >= 0.6 is 0 Å². The first-order valence-corrected chi connectivity index (χ1v) is 8.06. The fraction of sp³-hybridized carbons (Fsp3) is 0.316. The number of amides is 1. The van der Waals surface area contributed by atoms with Crippen LogP contribution < -0.4 is 15.0 Å². The van der Waals surface area contributed by atoms with Gasteiger partial charge in [-0.15, -0.1) is 0 Å². The maximum absolute atomic E-state index is 12.4. The number of benzene rings is 2. The van der Waals surface area contributed by atoms with Crippen molar-refractivity contribution in [3.05, 3.63) is 54.6 Å². The molecule has 0 aliphatic heterocycles. The van der Waals surface area contributed by atoms with Crippen molar-refractivity contribution in [2.45, 2.75) is 20.3 Å².